The number of pyridine rings is 1. The van der Waals surface area contributed by atoms with E-state index in [4.69, 9.17) is 0 Å². The van der Waals surface area contributed by atoms with Gasteiger partial charge in [-0.25, -0.2) is 0 Å². The molecule has 2 heterocycles. The van der Waals surface area contributed by atoms with E-state index in [1.807, 2.05) is 18.2 Å². The Morgan fingerprint density at radius 1 is 0.921 bits per heavy atom. The Hall–Kier alpha value is -1.67. The second-order valence-electron chi connectivity index (χ2n) is 9.72. The smallest absolute Gasteiger partial charge is 0.141 e. The Morgan fingerprint density at radius 2 is 1.68 bits per heavy atom. The van der Waals surface area contributed by atoms with Gasteiger partial charge in [-0.3, -0.25) is 14.8 Å². The molecule has 2 N–H and O–H groups in total. The van der Waals surface area contributed by atoms with Crippen LogP contribution in [0.2, 0.25) is 0 Å². The third-order valence-corrected chi connectivity index (χ3v) is 7.56. The number of fused-ring (bicyclic) bond motifs is 2. The number of aromatic nitrogens is 1. The van der Waals surface area contributed by atoms with Gasteiger partial charge in [-0.1, -0.05) is 25.1 Å². The average Bonchev–Trinajstić information content (AvgIpc) is 2.86. The zero-order chi connectivity index (χ0) is 23.5. The summed E-state index contributed by atoms with van der Waals surface area (Å²) in [5, 5.41) is 21.1. The number of phenols is 2. The maximum Gasteiger partial charge on any atom is 0.141 e. The van der Waals surface area contributed by atoms with Gasteiger partial charge < -0.3 is 15.1 Å². The number of halogens is 4. The Kier molecular flexibility index (Phi) is 14.3. The van der Waals surface area contributed by atoms with Crippen LogP contribution in [0.25, 0.3) is 10.9 Å². The molecule has 2 aromatic carbocycles. The summed E-state index contributed by atoms with van der Waals surface area (Å²) < 4.78 is 0. The Balaban J connectivity index is 0.00000180. The molecule has 0 saturated carbocycles. The van der Waals surface area contributed by atoms with Crippen LogP contribution in [0.5, 0.6) is 11.5 Å². The average molecular weight is 606 g/mol. The molecule has 1 fully saturated rings. The first-order valence-corrected chi connectivity index (χ1v) is 12.7. The number of rotatable bonds is 7. The lowest BCUT2D eigenvalue weighted by molar-refractivity contribution is 0.145. The van der Waals surface area contributed by atoms with Crippen LogP contribution in [0, 0.1) is 0 Å². The van der Waals surface area contributed by atoms with E-state index in [9.17, 15) is 10.2 Å². The summed E-state index contributed by atoms with van der Waals surface area (Å²) in [6, 6.07) is 14.2. The third kappa shape index (κ3) is 7.71. The van der Waals surface area contributed by atoms with Gasteiger partial charge in [0.2, 0.25) is 0 Å². The zero-order valence-corrected chi connectivity index (χ0v) is 25.1. The van der Waals surface area contributed by atoms with Crippen molar-refractivity contribution in [3.8, 4) is 11.5 Å². The zero-order valence-electron chi connectivity index (χ0n) is 21.8. The summed E-state index contributed by atoms with van der Waals surface area (Å²) in [5.41, 5.74) is 4.57. The summed E-state index contributed by atoms with van der Waals surface area (Å²) in [6.45, 7) is 9.65. The van der Waals surface area contributed by atoms with E-state index in [0.29, 0.717) is 17.3 Å². The Bertz CT molecular complexity index is 1150. The van der Waals surface area contributed by atoms with Gasteiger partial charge in [0.15, 0.2) is 0 Å². The minimum atomic E-state index is 0. The predicted octanol–water partition coefficient (Wildman–Crippen LogP) is 5.72. The number of piperazine rings is 1. The second kappa shape index (κ2) is 15.8. The van der Waals surface area contributed by atoms with Crippen molar-refractivity contribution < 1.29 is 10.2 Å². The van der Waals surface area contributed by atoms with Gasteiger partial charge >= 0.3 is 0 Å². The van der Waals surface area contributed by atoms with E-state index in [2.05, 4.69) is 44.8 Å². The maximum absolute atomic E-state index is 10.2. The van der Waals surface area contributed by atoms with Crippen molar-refractivity contribution in [2.24, 2.45) is 0 Å². The lowest BCUT2D eigenvalue weighted by atomic mass is 9.87. The Labute approximate surface area is 251 Å². The quantitative estimate of drug-likeness (QED) is 0.359. The molecular weight excluding hydrogens is 566 g/mol. The van der Waals surface area contributed by atoms with Crippen molar-refractivity contribution in [1.82, 2.24) is 14.8 Å². The van der Waals surface area contributed by atoms with Crippen LogP contribution in [0.4, 0.5) is 5.69 Å². The molecule has 212 valence electrons. The molecule has 0 spiro atoms. The molecule has 1 saturated heterocycles. The highest BCUT2D eigenvalue weighted by Crippen LogP contribution is 2.31. The molecule has 0 amide bonds. The summed E-state index contributed by atoms with van der Waals surface area (Å²) in [7, 11) is 0. The minimum absolute atomic E-state index is 0. The van der Waals surface area contributed by atoms with Crippen molar-refractivity contribution >= 4 is 66.2 Å². The van der Waals surface area contributed by atoms with E-state index in [0.717, 1.165) is 69.7 Å². The van der Waals surface area contributed by atoms with Crippen LogP contribution in [-0.4, -0.2) is 76.9 Å². The maximum atomic E-state index is 10.2. The fraction of sp³-hybridized carbons (Fsp3) is 0.464. The van der Waals surface area contributed by atoms with E-state index in [1.54, 1.807) is 12.3 Å². The summed E-state index contributed by atoms with van der Waals surface area (Å²) in [4.78, 5) is 12.1. The highest BCUT2D eigenvalue weighted by atomic mass is 35.5. The van der Waals surface area contributed by atoms with Crippen LogP contribution in [0.1, 0.15) is 30.9 Å². The molecule has 1 unspecified atom stereocenters. The molecule has 1 aromatic heterocycles. The SMILES string of the molecule is CCCN(CCN1CCN(c2ccnc3c(O)cccc23)CC1)C1CCc2ccc(O)cc2C1.Cl.Cl.Cl.Cl. The summed E-state index contributed by atoms with van der Waals surface area (Å²) in [6.07, 6.45) is 6.31. The van der Waals surface area contributed by atoms with Crippen molar-refractivity contribution in [3.63, 3.8) is 0 Å². The fourth-order valence-corrected chi connectivity index (χ4v) is 5.70. The van der Waals surface area contributed by atoms with Crippen LogP contribution in [0.3, 0.4) is 0 Å². The molecule has 1 aliphatic carbocycles. The highest BCUT2D eigenvalue weighted by molar-refractivity contribution is 5.94. The van der Waals surface area contributed by atoms with Crippen LogP contribution in [0.15, 0.2) is 48.7 Å². The van der Waals surface area contributed by atoms with Crippen molar-refractivity contribution in [2.75, 3.05) is 50.7 Å². The number of aromatic hydroxyl groups is 2. The van der Waals surface area contributed by atoms with Crippen molar-refractivity contribution in [1.29, 1.82) is 0 Å². The number of aryl methyl sites for hydroxylation is 1. The molecule has 3 aromatic rings. The van der Waals surface area contributed by atoms with Gasteiger partial charge in [0.25, 0.3) is 0 Å². The van der Waals surface area contributed by atoms with Gasteiger partial charge in [-0.15, -0.1) is 49.6 Å². The normalized spacial score (nSPS) is 17.0. The molecule has 0 radical (unpaired) electrons. The topological polar surface area (TPSA) is 63.1 Å². The van der Waals surface area contributed by atoms with Gasteiger partial charge in [0, 0.05) is 62.6 Å². The number of hydrogen-bond donors (Lipinski definition) is 2. The van der Waals surface area contributed by atoms with Crippen LogP contribution < -0.4 is 4.90 Å². The number of nitrogens with zero attached hydrogens (tertiary/aromatic N) is 4. The molecule has 38 heavy (non-hydrogen) atoms. The van der Waals surface area contributed by atoms with E-state index in [-0.39, 0.29) is 55.4 Å². The minimum Gasteiger partial charge on any atom is -0.508 e. The van der Waals surface area contributed by atoms with Gasteiger partial charge in [-0.2, -0.15) is 0 Å². The third-order valence-electron chi connectivity index (χ3n) is 7.56. The second-order valence-corrected chi connectivity index (χ2v) is 9.72. The van der Waals surface area contributed by atoms with E-state index in [1.165, 1.54) is 24.0 Å². The summed E-state index contributed by atoms with van der Waals surface area (Å²) >= 11 is 0. The molecule has 0 bridgehead atoms. The molecule has 2 aliphatic rings. The largest absolute Gasteiger partial charge is 0.508 e. The van der Waals surface area contributed by atoms with Gasteiger partial charge in [0.05, 0.1) is 0 Å². The molecule has 1 atom stereocenters. The standard InChI is InChI=1S/C28H36N4O2.4ClH/c1-2-12-31(23-8-6-21-7-9-24(33)20-22(21)19-23)16-13-30-14-17-32(18-15-30)26-10-11-29-28-25(26)4-3-5-27(28)34;;;;/h3-5,7,9-11,20,23,33-34H,2,6,8,12-19H2,1H3;4*1H. The molecule has 6 nitrogen and oxygen atoms in total. The molecule has 1 aliphatic heterocycles. The van der Waals surface area contributed by atoms with Crippen LogP contribution in [-0.2, 0) is 12.8 Å². The van der Waals surface area contributed by atoms with E-state index >= 15 is 0 Å². The highest BCUT2D eigenvalue weighted by Gasteiger charge is 2.25. The number of anilines is 1. The molecular formula is C28H40Cl4N4O2. The van der Waals surface area contributed by atoms with Gasteiger partial charge in [0.1, 0.15) is 17.0 Å². The Morgan fingerprint density at radius 3 is 2.42 bits per heavy atom. The van der Waals surface area contributed by atoms with Gasteiger partial charge in [-0.05, 0) is 67.6 Å². The van der Waals surface area contributed by atoms with E-state index < -0.39 is 0 Å². The first-order valence-electron chi connectivity index (χ1n) is 12.7. The fourth-order valence-electron chi connectivity index (χ4n) is 5.70. The predicted molar refractivity (Wildman–Crippen MR) is 167 cm³/mol. The number of para-hydroxylation sites is 1. The lowest BCUT2D eigenvalue weighted by Gasteiger charge is -2.39. The number of hydrogen-bond acceptors (Lipinski definition) is 6. The first-order chi connectivity index (χ1) is 16.6. The molecule has 5 rings (SSSR count). The molecule has 10 heteroatoms. The van der Waals surface area contributed by atoms with Crippen molar-refractivity contribution in [3.05, 3.63) is 59.8 Å². The number of benzene rings is 2. The van der Waals surface area contributed by atoms with Crippen molar-refractivity contribution in [2.45, 2.75) is 38.6 Å². The monoisotopic (exact) mass is 604 g/mol. The first kappa shape index (κ1) is 34.4. The lowest BCUT2D eigenvalue weighted by Crippen LogP contribution is -2.50. The van der Waals surface area contributed by atoms with Crippen LogP contribution >= 0.6 is 49.6 Å². The summed E-state index contributed by atoms with van der Waals surface area (Å²) in [5.74, 6) is 0.631. The number of phenolic OH excluding ortho intramolecular Hbond substituents is 2.